The van der Waals surface area contributed by atoms with E-state index in [2.05, 4.69) is 15.4 Å². The van der Waals surface area contributed by atoms with Gasteiger partial charge in [0.2, 0.25) is 0 Å². The Kier molecular flexibility index (Phi) is 3.84. The Bertz CT molecular complexity index is 574. The van der Waals surface area contributed by atoms with Crippen LogP contribution in [0.15, 0.2) is 18.6 Å². The van der Waals surface area contributed by atoms with Crippen molar-refractivity contribution in [3.05, 3.63) is 35.7 Å². The fourth-order valence-electron chi connectivity index (χ4n) is 2.90. The smallest absolute Gasteiger partial charge is 0.122 e. The number of aromatic nitrogens is 4. The van der Waals surface area contributed by atoms with Gasteiger partial charge in [0, 0.05) is 36.7 Å². The van der Waals surface area contributed by atoms with Crippen LogP contribution in [0.4, 0.5) is 0 Å². The zero-order valence-corrected chi connectivity index (χ0v) is 11.8. The van der Waals surface area contributed by atoms with Crippen molar-refractivity contribution in [2.45, 2.75) is 38.4 Å². The van der Waals surface area contributed by atoms with Gasteiger partial charge in [-0.1, -0.05) is 0 Å². The molecule has 1 aliphatic carbocycles. The highest BCUT2D eigenvalue weighted by atomic mass is 16.3. The summed E-state index contributed by atoms with van der Waals surface area (Å²) in [5, 5.41) is 17.1. The molecule has 2 aromatic heterocycles. The molecule has 6 heteroatoms. The monoisotopic (exact) mass is 275 g/mol. The van der Waals surface area contributed by atoms with Crippen molar-refractivity contribution < 1.29 is 5.11 Å². The number of fused-ring (bicyclic) bond motifs is 1. The predicted octanol–water partition coefficient (Wildman–Crippen LogP) is 0.776. The zero-order valence-electron chi connectivity index (χ0n) is 11.8. The number of imidazole rings is 1. The molecule has 2 N–H and O–H groups in total. The van der Waals surface area contributed by atoms with E-state index < -0.39 is 0 Å². The minimum atomic E-state index is 0.138. The molecule has 0 fully saturated rings. The van der Waals surface area contributed by atoms with Crippen molar-refractivity contribution >= 4 is 0 Å². The molecule has 6 nitrogen and oxygen atoms in total. The third kappa shape index (κ3) is 2.48. The summed E-state index contributed by atoms with van der Waals surface area (Å²) >= 11 is 0. The summed E-state index contributed by atoms with van der Waals surface area (Å²) in [6, 6.07) is 0.336. The number of hydrogen-bond acceptors (Lipinski definition) is 4. The van der Waals surface area contributed by atoms with Gasteiger partial charge >= 0.3 is 0 Å². The fourth-order valence-corrected chi connectivity index (χ4v) is 2.90. The molecular weight excluding hydrogens is 254 g/mol. The standard InChI is InChI=1S/C14H21N5O/c1-18-6-5-15-14(18)10-16-12-3-2-4-13-11(12)9-17-19(13)7-8-20/h5-6,9,12,16,20H,2-4,7-8,10H2,1H3. The molecule has 0 spiro atoms. The zero-order chi connectivity index (χ0) is 13.9. The van der Waals surface area contributed by atoms with Crippen LogP contribution < -0.4 is 5.32 Å². The van der Waals surface area contributed by atoms with Crippen molar-refractivity contribution in [3.63, 3.8) is 0 Å². The van der Waals surface area contributed by atoms with Crippen molar-refractivity contribution in [1.29, 1.82) is 0 Å². The molecule has 1 aliphatic rings. The summed E-state index contributed by atoms with van der Waals surface area (Å²) < 4.78 is 3.97. The second-order valence-electron chi connectivity index (χ2n) is 5.27. The van der Waals surface area contributed by atoms with E-state index in [4.69, 9.17) is 5.11 Å². The van der Waals surface area contributed by atoms with Crippen molar-refractivity contribution in [3.8, 4) is 0 Å². The van der Waals surface area contributed by atoms with E-state index >= 15 is 0 Å². The minimum absolute atomic E-state index is 0.138. The second kappa shape index (κ2) is 5.76. The first-order valence-electron chi connectivity index (χ1n) is 7.14. The first-order valence-corrected chi connectivity index (χ1v) is 7.14. The van der Waals surface area contributed by atoms with Gasteiger partial charge in [-0.2, -0.15) is 5.10 Å². The summed E-state index contributed by atoms with van der Waals surface area (Å²) in [5.41, 5.74) is 2.54. The average molecular weight is 275 g/mol. The van der Waals surface area contributed by atoms with E-state index in [1.807, 2.05) is 34.9 Å². The summed E-state index contributed by atoms with van der Waals surface area (Å²) in [4.78, 5) is 4.34. The molecule has 0 radical (unpaired) electrons. The number of aryl methyl sites for hydroxylation is 1. The van der Waals surface area contributed by atoms with Gasteiger partial charge in [-0.15, -0.1) is 0 Å². The van der Waals surface area contributed by atoms with Crippen LogP contribution in [0, 0.1) is 0 Å². The highest BCUT2D eigenvalue weighted by Gasteiger charge is 2.23. The van der Waals surface area contributed by atoms with E-state index in [0.717, 1.165) is 31.6 Å². The summed E-state index contributed by atoms with van der Waals surface area (Å²) in [6.07, 6.45) is 9.06. The van der Waals surface area contributed by atoms with E-state index in [1.165, 1.54) is 11.3 Å². The molecular formula is C14H21N5O. The van der Waals surface area contributed by atoms with Gasteiger partial charge in [-0.3, -0.25) is 4.68 Å². The topological polar surface area (TPSA) is 67.9 Å². The Morgan fingerprint density at radius 1 is 1.50 bits per heavy atom. The molecule has 0 saturated heterocycles. The van der Waals surface area contributed by atoms with E-state index in [9.17, 15) is 0 Å². The van der Waals surface area contributed by atoms with Crippen LogP contribution in [0.25, 0.3) is 0 Å². The van der Waals surface area contributed by atoms with Crippen molar-refractivity contribution in [2.75, 3.05) is 6.61 Å². The average Bonchev–Trinajstić information content (AvgIpc) is 3.04. The van der Waals surface area contributed by atoms with Crippen LogP contribution in [-0.4, -0.2) is 31.0 Å². The van der Waals surface area contributed by atoms with Crippen molar-refractivity contribution in [1.82, 2.24) is 24.6 Å². The lowest BCUT2D eigenvalue weighted by Crippen LogP contribution is -2.26. The highest BCUT2D eigenvalue weighted by Crippen LogP contribution is 2.29. The molecule has 20 heavy (non-hydrogen) atoms. The van der Waals surface area contributed by atoms with E-state index in [1.54, 1.807) is 0 Å². The number of nitrogens with zero attached hydrogens (tertiary/aromatic N) is 4. The largest absolute Gasteiger partial charge is 0.394 e. The SMILES string of the molecule is Cn1ccnc1CNC1CCCc2c1cnn2CCO. The third-order valence-electron chi connectivity index (χ3n) is 4.00. The van der Waals surface area contributed by atoms with Gasteiger partial charge in [0.25, 0.3) is 0 Å². The number of hydrogen-bond donors (Lipinski definition) is 2. The number of rotatable bonds is 5. The Morgan fingerprint density at radius 3 is 3.15 bits per heavy atom. The minimum Gasteiger partial charge on any atom is -0.394 e. The Morgan fingerprint density at radius 2 is 2.40 bits per heavy atom. The first kappa shape index (κ1) is 13.3. The lowest BCUT2D eigenvalue weighted by atomic mass is 9.93. The molecule has 0 aromatic carbocycles. The molecule has 0 aliphatic heterocycles. The summed E-state index contributed by atoms with van der Waals surface area (Å²) in [6.45, 7) is 1.49. The van der Waals surface area contributed by atoms with Gasteiger partial charge in [-0.25, -0.2) is 4.98 Å². The Labute approximate surface area is 118 Å². The maximum absolute atomic E-state index is 9.08. The van der Waals surface area contributed by atoms with Crippen LogP contribution in [0.3, 0.4) is 0 Å². The van der Waals surface area contributed by atoms with Crippen LogP contribution in [-0.2, 0) is 26.6 Å². The van der Waals surface area contributed by atoms with Gasteiger partial charge in [0.05, 0.1) is 25.9 Å². The van der Waals surface area contributed by atoms with Crippen LogP contribution in [0.1, 0.15) is 36.0 Å². The van der Waals surface area contributed by atoms with E-state index in [0.29, 0.717) is 12.6 Å². The Hall–Kier alpha value is -1.66. The van der Waals surface area contributed by atoms with Gasteiger partial charge in [0.1, 0.15) is 5.82 Å². The third-order valence-corrected chi connectivity index (χ3v) is 4.00. The molecule has 3 rings (SSSR count). The fraction of sp³-hybridized carbons (Fsp3) is 0.571. The van der Waals surface area contributed by atoms with Gasteiger partial charge in [-0.05, 0) is 19.3 Å². The molecule has 108 valence electrons. The molecule has 0 amide bonds. The molecule has 2 heterocycles. The normalized spacial score (nSPS) is 18.2. The molecule has 1 unspecified atom stereocenters. The maximum atomic E-state index is 9.08. The lowest BCUT2D eigenvalue weighted by molar-refractivity contribution is 0.266. The number of aliphatic hydroxyl groups excluding tert-OH is 1. The van der Waals surface area contributed by atoms with Crippen LogP contribution >= 0.6 is 0 Å². The molecule has 1 atom stereocenters. The first-order chi connectivity index (χ1) is 9.79. The maximum Gasteiger partial charge on any atom is 0.122 e. The quantitative estimate of drug-likeness (QED) is 0.846. The lowest BCUT2D eigenvalue weighted by Gasteiger charge is -2.24. The van der Waals surface area contributed by atoms with E-state index in [-0.39, 0.29) is 6.61 Å². The van der Waals surface area contributed by atoms with Gasteiger partial charge in [0.15, 0.2) is 0 Å². The molecule has 0 bridgehead atoms. The van der Waals surface area contributed by atoms with Crippen LogP contribution in [0.5, 0.6) is 0 Å². The highest BCUT2D eigenvalue weighted by molar-refractivity contribution is 5.25. The summed E-state index contributed by atoms with van der Waals surface area (Å²) in [5.74, 6) is 1.04. The van der Waals surface area contributed by atoms with Crippen LogP contribution in [0.2, 0.25) is 0 Å². The van der Waals surface area contributed by atoms with Crippen molar-refractivity contribution in [2.24, 2.45) is 7.05 Å². The second-order valence-corrected chi connectivity index (χ2v) is 5.27. The number of nitrogens with one attached hydrogen (secondary N) is 1. The number of aliphatic hydroxyl groups is 1. The Balaban J connectivity index is 1.72. The summed E-state index contributed by atoms with van der Waals surface area (Å²) in [7, 11) is 2.01. The molecule has 2 aromatic rings. The van der Waals surface area contributed by atoms with Gasteiger partial charge < -0.3 is 15.0 Å². The predicted molar refractivity (Wildman–Crippen MR) is 75.0 cm³/mol. The molecule has 0 saturated carbocycles.